The summed E-state index contributed by atoms with van der Waals surface area (Å²) >= 11 is 0. The van der Waals surface area contributed by atoms with Gasteiger partial charge in [0.15, 0.2) is 0 Å². The fourth-order valence-corrected chi connectivity index (χ4v) is 5.95. The van der Waals surface area contributed by atoms with E-state index in [1.807, 2.05) is 0 Å². The maximum atomic E-state index is 6.83. The summed E-state index contributed by atoms with van der Waals surface area (Å²) in [7, 11) is 0. The quantitative estimate of drug-likeness (QED) is 0.758. The van der Waals surface area contributed by atoms with E-state index >= 15 is 0 Å². The molecule has 5 fully saturated rings. The number of ether oxygens (including phenoxy) is 1. The summed E-state index contributed by atoms with van der Waals surface area (Å²) in [4.78, 5) is 0. The molecule has 0 radical (unpaired) electrons. The highest BCUT2D eigenvalue weighted by molar-refractivity contribution is 5.12. The molecule has 0 aromatic heterocycles. The van der Waals surface area contributed by atoms with Gasteiger partial charge in [0.1, 0.15) is 0 Å². The van der Waals surface area contributed by atoms with Crippen LogP contribution in [0.3, 0.4) is 0 Å². The molecule has 5 rings (SSSR count). The molecule has 2 N–H and O–H groups in total. The molecule has 1 aliphatic heterocycles. The van der Waals surface area contributed by atoms with Gasteiger partial charge in [0, 0.05) is 12.1 Å². The van der Waals surface area contributed by atoms with Gasteiger partial charge in [0.2, 0.25) is 0 Å². The Hall–Kier alpha value is -0.0800. The maximum absolute atomic E-state index is 6.83. The molecule has 4 saturated carbocycles. The van der Waals surface area contributed by atoms with Gasteiger partial charge in [-0.1, -0.05) is 0 Å². The van der Waals surface area contributed by atoms with Gasteiger partial charge in [-0.25, -0.2) is 0 Å². The van der Waals surface area contributed by atoms with Crippen LogP contribution in [0.25, 0.3) is 0 Å². The number of hydrogen-bond donors (Lipinski definition) is 1. The zero-order valence-corrected chi connectivity index (χ0v) is 10.8. The van der Waals surface area contributed by atoms with E-state index in [0.717, 1.165) is 31.0 Å². The van der Waals surface area contributed by atoms with Crippen molar-refractivity contribution in [2.75, 3.05) is 13.2 Å². The van der Waals surface area contributed by atoms with Crippen LogP contribution in [0.2, 0.25) is 0 Å². The predicted octanol–water partition coefficient (Wildman–Crippen LogP) is 2.71. The molecule has 17 heavy (non-hydrogen) atoms. The van der Waals surface area contributed by atoms with Crippen molar-refractivity contribution in [1.82, 2.24) is 0 Å². The molecule has 0 aromatic rings. The van der Waals surface area contributed by atoms with Crippen molar-refractivity contribution < 1.29 is 4.74 Å². The summed E-state index contributed by atoms with van der Waals surface area (Å²) < 4.78 is 5.75. The lowest BCUT2D eigenvalue weighted by atomic mass is 9.44. The van der Waals surface area contributed by atoms with Crippen molar-refractivity contribution >= 4 is 0 Å². The Kier molecular flexibility index (Phi) is 2.21. The van der Waals surface area contributed by atoms with Crippen LogP contribution in [-0.2, 0) is 4.74 Å². The van der Waals surface area contributed by atoms with Crippen LogP contribution < -0.4 is 5.73 Å². The second kappa shape index (κ2) is 3.48. The van der Waals surface area contributed by atoms with Gasteiger partial charge in [0.05, 0.1) is 6.61 Å². The lowest BCUT2D eigenvalue weighted by Gasteiger charge is -2.63. The molecule has 96 valence electrons. The predicted molar refractivity (Wildman–Crippen MR) is 67.6 cm³/mol. The van der Waals surface area contributed by atoms with Gasteiger partial charge in [-0.15, -0.1) is 0 Å². The van der Waals surface area contributed by atoms with Crippen molar-refractivity contribution in [3.05, 3.63) is 0 Å². The van der Waals surface area contributed by atoms with Gasteiger partial charge in [-0.3, -0.25) is 0 Å². The van der Waals surface area contributed by atoms with Crippen LogP contribution in [0, 0.1) is 23.2 Å². The summed E-state index contributed by atoms with van der Waals surface area (Å²) in [5.74, 6) is 3.01. The fourth-order valence-electron chi connectivity index (χ4n) is 5.95. The molecule has 4 bridgehead atoms. The molecule has 1 heterocycles. The first-order valence-electron chi connectivity index (χ1n) is 7.56. The molecule has 2 heteroatoms. The van der Waals surface area contributed by atoms with Crippen molar-refractivity contribution in [3.63, 3.8) is 0 Å². The summed E-state index contributed by atoms with van der Waals surface area (Å²) in [5.41, 5.74) is 7.31. The van der Waals surface area contributed by atoms with E-state index in [1.54, 1.807) is 0 Å². The molecule has 4 aliphatic carbocycles. The van der Waals surface area contributed by atoms with Crippen LogP contribution in [0.15, 0.2) is 0 Å². The van der Waals surface area contributed by atoms with Crippen LogP contribution in [-0.4, -0.2) is 18.8 Å². The van der Waals surface area contributed by atoms with Crippen molar-refractivity contribution in [2.45, 2.75) is 56.9 Å². The maximum Gasteiger partial charge on any atom is 0.0651 e. The molecule has 0 spiro atoms. The van der Waals surface area contributed by atoms with Gasteiger partial charge in [-0.2, -0.15) is 0 Å². The third kappa shape index (κ3) is 1.46. The smallest absolute Gasteiger partial charge is 0.0651 e. The van der Waals surface area contributed by atoms with E-state index in [4.69, 9.17) is 10.5 Å². The van der Waals surface area contributed by atoms with Gasteiger partial charge in [-0.05, 0) is 74.5 Å². The van der Waals surface area contributed by atoms with Gasteiger partial charge >= 0.3 is 0 Å². The highest BCUT2D eigenvalue weighted by Crippen LogP contribution is 2.64. The number of hydrogen-bond acceptors (Lipinski definition) is 2. The Balaban J connectivity index is 1.67. The molecule has 2 nitrogen and oxygen atoms in total. The summed E-state index contributed by atoms with van der Waals surface area (Å²) in [6, 6.07) is 0. The normalized spacial score (nSPS) is 57.4. The average Bonchev–Trinajstić information content (AvgIpc) is 2.28. The van der Waals surface area contributed by atoms with Gasteiger partial charge in [0.25, 0.3) is 0 Å². The Morgan fingerprint density at radius 2 is 1.53 bits per heavy atom. The van der Waals surface area contributed by atoms with Crippen LogP contribution in [0.1, 0.15) is 51.4 Å². The largest absolute Gasteiger partial charge is 0.380 e. The Morgan fingerprint density at radius 3 is 2.00 bits per heavy atom. The number of nitrogens with two attached hydrogens (primary N) is 1. The van der Waals surface area contributed by atoms with E-state index in [2.05, 4.69) is 0 Å². The standard InChI is InChI=1S/C15H25NO/c16-15(2-1-3-17-10-15)14-7-11-4-12(8-14)6-13(5-11)9-14/h11-13H,1-10,16H2. The first-order valence-corrected chi connectivity index (χ1v) is 7.56. The Morgan fingerprint density at radius 1 is 0.941 bits per heavy atom. The topological polar surface area (TPSA) is 35.2 Å². The van der Waals surface area contributed by atoms with E-state index in [9.17, 15) is 0 Å². The second-order valence-electron chi connectivity index (χ2n) is 7.51. The number of rotatable bonds is 1. The highest BCUT2D eigenvalue weighted by atomic mass is 16.5. The Labute approximate surface area is 104 Å². The first-order chi connectivity index (χ1) is 8.19. The zero-order valence-electron chi connectivity index (χ0n) is 10.8. The summed E-state index contributed by atoms with van der Waals surface area (Å²) in [5, 5.41) is 0. The van der Waals surface area contributed by atoms with Crippen LogP contribution in [0.4, 0.5) is 0 Å². The molecular formula is C15H25NO. The van der Waals surface area contributed by atoms with E-state index in [1.165, 1.54) is 51.4 Å². The highest BCUT2D eigenvalue weighted by Gasteiger charge is 2.59. The molecule has 0 aromatic carbocycles. The molecular weight excluding hydrogens is 210 g/mol. The van der Waals surface area contributed by atoms with Crippen LogP contribution >= 0.6 is 0 Å². The van der Waals surface area contributed by atoms with E-state index in [-0.39, 0.29) is 5.54 Å². The van der Waals surface area contributed by atoms with E-state index in [0.29, 0.717) is 5.41 Å². The first kappa shape index (κ1) is 10.8. The van der Waals surface area contributed by atoms with E-state index < -0.39 is 0 Å². The van der Waals surface area contributed by atoms with Crippen molar-refractivity contribution in [2.24, 2.45) is 28.9 Å². The summed E-state index contributed by atoms with van der Waals surface area (Å²) in [6.45, 7) is 1.77. The lowest BCUT2D eigenvalue weighted by Crippen LogP contribution is -2.65. The second-order valence-corrected chi connectivity index (χ2v) is 7.51. The monoisotopic (exact) mass is 235 g/mol. The van der Waals surface area contributed by atoms with Crippen molar-refractivity contribution in [3.8, 4) is 0 Å². The minimum absolute atomic E-state index is 0.0151. The molecule has 0 amide bonds. The molecule has 5 aliphatic rings. The van der Waals surface area contributed by atoms with Crippen LogP contribution in [0.5, 0.6) is 0 Å². The summed E-state index contributed by atoms with van der Waals surface area (Å²) in [6.07, 6.45) is 11.2. The average molecular weight is 235 g/mol. The fraction of sp³-hybridized carbons (Fsp3) is 1.00. The molecule has 1 saturated heterocycles. The Bertz CT molecular complexity index is 284. The van der Waals surface area contributed by atoms with Crippen molar-refractivity contribution in [1.29, 1.82) is 0 Å². The zero-order chi connectivity index (χ0) is 11.5. The lowest BCUT2D eigenvalue weighted by molar-refractivity contribution is -0.132. The SMILES string of the molecule is NC1(C23CC4CC(CC(C4)C2)C3)CCCOC1. The minimum Gasteiger partial charge on any atom is -0.380 e. The molecule has 1 atom stereocenters. The third-order valence-corrected chi connectivity index (χ3v) is 6.37. The minimum atomic E-state index is 0.0151. The molecule has 1 unspecified atom stereocenters. The third-order valence-electron chi connectivity index (χ3n) is 6.37. The van der Waals surface area contributed by atoms with Gasteiger partial charge < -0.3 is 10.5 Å².